The van der Waals surface area contributed by atoms with E-state index in [-0.39, 0.29) is 11.7 Å². The molecule has 0 aliphatic heterocycles. The molecule has 0 saturated heterocycles. The summed E-state index contributed by atoms with van der Waals surface area (Å²) >= 11 is 0. The first kappa shape index (κ1) is 19.2. The Kier molecular flexibility index (Phi) is 5.87. The van der Waals surface area contributed by atoms with E-state index < -0.39 is 0 Å². The molecule has 1 N–H and O–H groups in total. The Bertz CT molecular complexity index is 1080. The van der Waals surface area contributed by atoms with Gasteiger partial charge < -0.3 is 9.72 Å². The number of Topliss-reactive ketones (excluding diaryl/α,β-unsaturated/α-hetero) is 1. The van der Waals surface area contributed by atoms with Crippen LogP contribution in [0.3, 0.4) is 0 Å². The van der Waals surface area contributed by atoms with Gasteiger partial charge >= 0.3 is 0 Å². The number of ether oxygens (including phenoxy) is 1. The van der Waals surface area contributed by atoms with Crippen LogP contribution in [0.1, 0.15) is 39.4 Å². The van der Waals surface area contributed by atoms with Crippen LogP contribution >= 0.6 is 0 Å². The molecule has 0 aliphatic rings. The molecule has 4 rings (SSSR count). The van der Waals surface area contributed by atoms with E-state index in [1.165, 1.54) is 0 Å². The highest BCUT2D eigenvalue weighted by Crippen LogP contribution is 2.29. The first-order valence-electron chi connectivity index (χ1n) is 9.98. The molecule has 1 atom stereocenters. The SMILES string of the molecule is Cc1ccc(C(=O)C[C@@H](COCc2ccccc2)c2c[nH]c3ccccc23)cc1. The Morgan fingerprint density at radius 3 is 2.45 bits per heavy atom. The zero-order valence-corrected chi connectivity index (χ0v) is 16.6. The first-order valence-corrected chi connectivity index (χ1v) is 9.98. The molecule has 0 unspecified atom stereocenters. The maximum atomic E-state index is 13.0. The van der Waals surface area contributed by atoms with Crippen LogP contribution < -0.4 is 0 Å². The van der Waals surface area contributed by atoms with Crippen LogP contribution in [0.25, 0.3) is 10.9 Å². The number of carbonyl (C=O) groups is 1. The van der Waals surface area contributed by atoms with Crippen molar-refractivity contribution in [2.45, 2.75) is 25.9 Å². The number of nitrogens with one attached hydrogen (secondary N) is 1. The number of H-pyrrole nitrogens is 1. The number of rotatable bonds is 8. The molecule has 0 bridgehead atoms. The third-order valence-electron chi connectivity index (χ3n) is 5.30. The quantitative estimate of drug-likeness (QED) is 0.376. The molecule has 1 aromatic heterocycles. The molecule has 0 radical (unpaired) electrons. The second-order valence-corrected chi connectivity index (χ2v) is 7.48. The van der Waals surface area contributed by atoms with Gasteiger partial charge in [0.05, 0.1) is 13.2 Å². The normalized spacial score (nSPS) is 12.2. The van der Waals surface area contributed by atoms with E-state index in [4.69, 9.17) is 4.74 Å². The molecule has 29 heavy (non-hydrogen) atoms. The van der Waals surface area contributed by atoms with Gasteiger partial charge in [-0.3, -0.25) is 4.79 Å². The summed E-state index contributed by atoms with van der Waals surface area (Å²) in [6.45, 7) is 3.06. The summed E-state index contributed by atoms with van der Waals surface area (Å²) in [6, 6.07) is 26.1. The minimum absolute atomic E-state index is 0.0105. The molecular formula is C26H25NO2. The average Bonchev–Trinajstić information content (AvgIpc) is 3.18. The van der Waals surface area contributed by atoms with Crippen LogP contribution in [0.15, 0.2) is 85.1 Å². The molecule has 0 spiro atoms. The largest absolute Gasteiger partial charge is 0.376 e. The molecule has 3 nitrogen and oxygen atoms in total. The highest BCUT2D eigenvalue weighted by molar-refractivity contribution is 5.97. The van der Waals surface area contributed by atoms with E-state index in [1.807, 2.05) is 67.7 Å². The fourth-order valence-corrected chi connectivity index (χ4v) is 3.66. The fourth-order valence-electron chi connectivity index (χ4n) is 3.66. The van der Waals surface area contributed by atoms with Crippen molar-refractivity contribution in [3.63, 3.8) is 0 Å². The lowest BCUT2D eigenvalue weighted by Crippen LogP contribution is -2.13. The van der Waals surface area contributed by atoms with E-state index in [0.717, 1.165) is 33.2 Å². The van der Waals surface area contributed by atoms with Gasteiger partial charge in [0, 0.05) is 35.0 Å². The molecular weight excluding hydrogens is 358 g/mol. The van der Waals surface area contributed by atoms with Crippen LogP contribution in [0, 0.1) is 6.92 Å². The highest BCUT2D eigenvalue weighted by atomic mass is 16.5. The van der Waals surface area contributed by atoms with Crippen molar-refractivity contribution in [1.82, 2.24) is 4.98 Å². The van der Waals surface area contributed by atoms with Crippen molar-refractivity contribution >= 4 is 16.7 Å². The van der Waals surface area contributed by atoms with Crippen molar-refractivity contribution in [3.8, 4) is 0 Å². The molecule has 0 amide bonds. The number of aromatic nitrogens is 1. The number of ketones is 1. The van der Waals surface area contributed by atoms with Crippen molar-refractivity contribution in [3.05, 3.63) is 107 Å². The van der Waals surface area contributed by atoms with Crippen molar-refractivity contribution < 1.29 is 9.53 Å². The molecule has 3 heteroatoms. The van der Waals surface area contributed by atoms with E-state index in [2.05, 4.69) is 29.2 Å². The lowest BCUT2D eigenvalue weighted by atomic mass is 9.91. The predicted octanol–water partition coefficient (Wildman–Crippen LogP) is 6.05. The number of aromatic amines is 1. The van der Waals surface area contributed by atoms with Crippen LogP contribution in [-0.4, -0.2) is 17.4 Å². The van der Waals surface area contributed by atoms with Gasteiger partial charge in [0.2, 0.25) is 0 Å². The van der Waals surface area contributed by atoms with Crippen LogP contribution in [0.2, 0.25) is 0 Å². The lowest BCUT2D eigenvalue weighted by Gasteiger charge is -2.17. The van der Waals surface area contributed by atoms with Crippen LogP contribution in [-0.2, 0) is 11.3 Å². The number of hydrogen-bond donors (Lipinski definition) is 1. The van der Waals surface area contributed by atoms with Gasteiger partial charge in [-0.05, 0) is 24.1 Å². The molecule has 4 aromatic rings. The monoisotopic (exact) mass is 383 g/mol. The Balaban J connectivity index is 1.54. The fraction of sp³-hybridized carbons (Fsp3) is 0.192. The van der Waals surface area contributed by atoms with Gasteiger partial charge in [-0.1, -0.05) is 78.4 Å². The van der Waals surface area contributed by atoms with Gasteiger partial charge in [-0.25, -0.2) is 0 Å². The Morgan fingerprint density at radius 2 is 1.66 bits per heavy atom. The summed E-state index contributed by atoms with van der Waals surface area (Å²) in [7, 11) is 0. The summed E-state index contributed by atoms with van der Waals surface area (Å²) in [5.74, 6) is 0.132. The summed E-state index contributed by atoms with van der Waals surface area (Å²) < 4.78 is 6.04. The first-order chi connectivity index (χ1) is 14.2. The zero-order chi connectivity index (χ0) is 20.1. The highest BCUT2D eigenvalue weighted by Gasteiger charge is 2.21. The van der Waals surface area contributed by atoms with Gasteiger partial charge in [0.25, 0.3) is 0 Å². The smallest absolute Gasteiger partial charge is 0.163 e. The maximum absolute atomic E-state index is 13.0. The standard InChI is InChI=1S/C26H25NO2/c1-19-11-13-21(14-12-19)26(28)15-22(18-29-17-20-7-3-2-4-8-20)24-16-27-25-10-6-5-9-23(24)25/h2-14,16,22,27H,15,17-18H2,1H3/t22-/m0/s1. The minimum atomic E-state index is -0.0105. The van der Waals surface area contributed by atoms with Gasteiger partial charge in [-0.2, -0.15) is 0 Å². The number of carbonyl (C=O) groups excluding carboxylic acids is 1. The number of para-hydroxylation sites is 1. The van der Waals surface area contributed by atoms with E-state index >= 15 is 0 Å². The van der Waals surface area contributed by atoms with E-state index in [9.17, 15) is 4.79 Å². The van der Waals surface area contributed by atoms with Gasteiger partial charge in [0.1, 0.15) is 0 Å². The second-order valence-electron chi connectivity index (χ2n) is 7.48. The summed E-state index contributed by atoms with van der Waals surface area (Å²) in [6.07, 6.45) is 2.43. The number of fused-ring (bicyclic) bond motifs is 1. The van der Waals surface area contributed by atoms with Crippen molar-refractivity contribution in [2.75, 3.05) is 6.61 Å². The average molecular weight is 383 g/mol. The van der Waals surface area contributed by atoms with Crippen molar-refractivity contribution in [1.29, 1.82) is 0 Å². The van der Waals surface area contributed by atoms with Crippen LogP contribution in [0.5, 0.6) is 0 Å². The van der Waals surface area contributed by atoms with Gasteiger partial charge in [0.15, 0.2) is 5.78 Å². The van der Waals surface area contributed by atoms with Crippen molar-refractivity contribution in [2.24, 2.45) is 0 Å². The summed E-state index contributed by atoms with van der Waals surface area (Å²) in [5.41, 5.74) is 5.26. The third kappa shape index (κ3) is 4.64. The van der Waals surface area contributed by atoms with E-state index in [1.54, 1.807) is 0 Å². The number of benzene rings is 3. The lowest BCUT2D eigenvalue weighted by molar-refractivity contribution is 0.0868. The maximum Gasteiger partial charge on any atom is 0.163 e. The van der Waals surface area contributed by atoms with Crippen LogP contribution in [0.4, 0.5) is 0 Å². The summed E-state index contributed by atoms with van der Waals surface area (Å²) in [5, 5.41) is 1.15. The topological polar surface area (TPSA) is 42.1 Å². The van der Waals surface area contributed by atoms with E-state index in [0.29, 0.717) is 19.6 Å². The molecule has 3 aromatic carbocycles. The molecule has 0 fully saturated rings. The Morgan fingerprint density at radius 1 is 0.931 bits per heavy atom. The molecule has 0 aliphatic carbocycles. The Labute approximate surface area is 171 Å². The number of aryl methyl sites for hydroxylation is 1. The summed E-state index contributed by atoms with van der Waals surface area (Å²) in [4.78, 5) is 16.3. The molecule has 0 saturated carbocycles. The zero-order valence-electron chi connectivity index (χ0n) is 16.6. The van der Waals surface area contributed by atoms with Gasteiger partial charge in [-0.15, -0.1) is 0 Å². The Hall–Kier alpha value is -3.17. The molecule has 1 heterocycles. The number of hydrogen-bond acceptors (Lipinski definition) is 2. The predicted molar refractivity (Wildman–Crippen MR) is 117 cm³/mol. The third-order valence-corrected chi connectivity index (χ3v) is 5.30. The minimum Gasteiger partial charge on any atom is -0.376 e. The second kappa shape index (κ2) is 8.89. The molecule has 146 valence electrons.